The van der Waals surface area contributed by atoms with E-state index in [2.05, 4.69) is 15.2 Å². The van der Waals surface area contributed by atoms with Crippen molar-refractivity contribution in [2.45, 2.75) is 34.1 Å². The van der Waals surface area contributed by atoms with E-state index in [1.165, 1.54) is 21.0 Å². The van der Waals surface area contributed by atoms with Crippen LogP contribution in [0.4, 0.5) is 17.1 Å². The molecule has 0 saturated heterocycles. The van der Waals surface area contributed by atoms with Crippen LogP contribution in [0.25, 0.3) is 0 Å². The normalized spacial score (nSPS) is 15.2. The molecule has 0 bridgehead atoms. The molecule has 1 aromatic rings. The number of imide groups is 1. The molecule has 1 N–H and O–H groups in total. The predicted molar refractivity (Wildman–Crippen MR) is 123 cm³/mol. The van der Waals surface area contributed by atoms with Gasteiger partial charge < -0.3 is 15.0 Å². The maximum absolute atomic E-state index is 13.1. The summed E-state index contributed by atoms with van der Waals surface area (Å²) in [6, 6.07) is 7.26. The summed E-state index contributed by atoms with van der Waals surface area (Å²) in [6.07, 6.45) is 0.439. The molecule has 0 aromatic heterocycles. The van der Waals surface area contributed by atoms with Gasteiger partial charge in [-0.2, -0.15) is 5.26 Å². The Morgan fingerprint density at radius 3 is 2.50 bits per heavy atom. The highest BCUT2D eigenvalue weighted by Gasteiger charge is 2.36. The number of anilines is 2. The highest BCUT2D eigenvalue weighted by atomic mass is 16.5. The lowest BCUT2D eigenvalue weighted by Gasteiger charge is -2.27. The van der Waals surface area contributed by atoms with Crippen LogP contribution >= 0.6 is 0 Å². The smallest absolute Gasteiger partial charge is 0.279 e. The molecule has 0 unspecified atom stereocenters. The van der Waals surface area contributed by atoms with Crippen LogP contribution in [-0.2, 0) is 19.1 Å². The van der Waals surface area contributed by atoms with Crippen molar-refractivity contribution in [1.29, 1.82) is 5.26 Å². The molecule has 1 heterocycles. The Hall–Kier alpha value is -3.51. The van der Waals surface area contributed by atoms with Crippen LogP contribution < -0.4 is 10.2 Å². The van der Waals surface area contributed by atoms with Crippen LogP contribution in [0.2, 0.25) is 0 Å². The number of benzene rings is 1. The predicted octanol–water partition coefficient (Wildman–Crippen LogP) is 2.81. The standard InChI is InChI=1S/C23H29N5O4/c1-6-27(7-2)17-9-10-19(20(13-17)25-16(4)29)26-21-15(3)18(14-24)22(30)28(23(21)31)11-8-12-32-5/h9-10,13H,6-8,11-12H2,1-5H3,(H,25,29). The second-order valence-electron chi connectivity index (χ2n) is 7.24. The molecule has 1 aliphatic rings. The summed E-state index contributed by atoms with van der Waals surface area (Å²) < 4.78 is 5.00. The van der Waals surface area contributed by atoms with Crippen molar-refractivity contribution in [3.05, 3.63) is 29.3 Å². The second kappa shape index (κ2) is 11.2. The van der Waals surface area contributed by atoms with E-state index in [-0.39, 0.29) is 29.3 Å². The summed E-state index contributed by atoms with van der Waals surface area (Å²) in [5.74, 6) is -1.49. The molecule has 0 radical (unpaired) electrons. The second-order valence-corrected chi connectivity index (χ2v) is 7.24. The van der Waals surface area contributed by atoms with Crippen molar-refractivity contribution in [3.8, 4) is 6.07 Å². The maximum Gasteiger partial charge on any atom is 0.279 e. The molecule has 32 heavy (non-hydrogen) atoms. The highest BCUT2D eigenvalue weighted by Crippen LogP contribution is 2.32. The lowest BCUT2D eigenvalue weighted by molar-refractivity contribution is -0.138. The minimum Gasteiger partial charge on any atom is -0.385 e. The topological polar surface area (TPSA) is 115 Å². The molecule has 170 valence electrons. The minimum atomic E-state index is -0.635. The third-order valence-electron chi connectivity index (χ3n) is 5.13. The third-order valence-corrected chi connectivity index (χ3v) is 5.13. The van der Waals surface area contributed by atoms with Crippen LogP contribution in [0.5, 0.6) is 0 Å². The van der Waals surface area contributed by atoms with E-state index in [4.69, 9.17) is 4.74 Å². The van der Waals surface area contributed by atoms with Crippen LogP contribution in [0, 0.1) is 11.3 Å². The van der Waals surface area contributed by atoms with E-state index in [1.54, 1.807) is 12.1 Å². The number of methoxy groups -OCH3 is 1. The third kappa shape index (κ3) is 5.39. The monoisotopic (exact) mass is 439 g/mol. The van der Waals surface area contributed by atoms with E-state index in [0.29, 0.717) is 24.4 Å². The van der Waals surface area contributed by atoms with Gasteiger partial charge in [0.25, 0.3) is 11.8 Å². The van der Waals surface area contributed by atoms with Gasteiger partial charge in [0.15, 0.2) is 0 Å². The summed E-state index contributed by atoms with van der Waals surface area (Å²) >= 11 is 0. The van der Waals surface area contributed by atoms with E-state index < -0.39 is 11.8 Å². The number of nitrogens with zero attached hydrogens (tertiary/aromatic N) is 4. The average Bonchev–Trinajstić information content (AvgIpc) is 2.75. The zero-order valence-electron chi connectivity index (χ0n) is 19.2. The van der Waals surface area contributed by atoms with Gasteiger partial charge in [0, 0.05) is 51.5 Å². The first-order valence-corrected chi connectivity index (χ1v) is 10.5. The molecule has 1 aliphatic heterocycles. The van der Waals surface area contributed by atoms with Gasteiger partial charge in [-0.15, -0.1) is 0 Å². The zero-order chi connectivity index (χ0) is 23.8. The zero-order valence-corrected chi connectivity index (χ0v) is 19.2. The Balaban J connectivity index is 2.59. The van der Waals surface area contributed by atoms with Crippen LogP contribution in [-0.4, -0.2) is 61.7 Å². The Bertz CT molecular complexity index is 1000. The quantitative estimate of drug-likeness (QED) is 0.467. The fourth-order valence-corrected chi connectivity index (χ4v) is 3.44. The summed E-state index contributed by atoms with van der Waals surface area (Å²) in [7, 11) is 1.53. The fraction of sp³-hybridized carbons (Fsp3) is 0.435. The summed E-state index contributed by atoms with van der Waals surface area (Å²) in [4.78, 5) is 45.2. The van der Waals surface area contributed by atoms with Crippen molar-refractivity contribution in [1.82, 2.24) is 4.90 Å². The Labute approximate surface area is 188 Å². The average molecular weight is 440 g/mol. The molecular formula is C23H29N5O4. The number of hydrogen-bond donors (Lipinski definition) is 1. The number of rotatable bonds is 9. The van der Waals surface area contributed by atoms with Crippen molar-refractivity contribution >= 4 is 40.5 Å². The van der Waals surface area contributed by atoms with Crippen molar-refractivity contribution in [3.63, 3.8) is 0 Å². The molecule has 0 fully saturated rings. The Morgan fingerprint density at radius 1 is 1.25 bits per heavy atom. The van der Waals surface area contributed by atoms with Gasteiger partial charge in [0.1, 0.15) is 17.4 Å². The van der Waals surface area contributed by atoms with Gasteiger partial charge in [-0.05, 0) is 45.4 Å². The van der Waals surface area contributed by atoms with Gasteiger partial charge >= 0.3 is 0 Å². The first kappa shape index (κ1) is 24.8. The Kier molecular flexibility index (Phi) is 8.67. The number of nitriles is 1. The van der Waals surface area contributed by atoms with Crippen molar-refractivity contribution in [2.75, 3.05) is 43.6 Å². The van der Waals surface area contributed by atoms with Gasteiger partial charge in [-0.25, -0.2) is 4.99 Å². The molecule has 9 heteroatoms. The number of aliphatic imine (C=N–C) groups is 1. The summed E-state index contributed by atoms with van der Waals surface area (Å²) in [5, 5.41) is 12.3. The molecular weight excluding hydrogens is 410 g/mol. The number of hydrogen-bond acceptors (Lipinski definition) is 7. The molecule has 2 rings (SSSR count). The SMILES string of the molecule is CCN(CC)c1ccc(N=C2C(=O)N(CCCOC)C(=O)C(C#N)=C2C)c(NC(C)=O)c1. The number of carbonyl (C=O) groups excluding carboxylic acids is 3. The van der Waals surface area contributed by atoms with Crippen LogP contribution in [0.3, 0.4) is 0 Å². The number of carbonyl (C=O) groups is 3. The van der Waals surface area contributed by atoms with Gasteiger partial charge in [0.05, 0.1) is 11.4 Å². The largest absolute Gasteiger partial charge is 0.385 e. The van der Waals surface area contributed by atoms with E-state index >= 15 is 0 Å². The minimum absolute atomic E-state index is 0.000702. The van der Waals surface area contributed by atoms with E-state index in [1.807, 2.05) is 26.0 Å². The van der Waals surface area contributed by atoms with Crippen molar-refractivity contribution < 1.29 is 19.1 Å². The first-order valence-electron chi connectivity index (χ1n) is 10.5. The lowest BCUT2D eigenvalue weighted by atomic mass is 9.98. The van der Waals surface area contributed by atoms with Gasteiger partial charge in [-0.1, -0.05) is 0 Å². The van der Waals surface area contributed by atoms with Gasteiger partial charge in [0.2, 0.25) is 5.91 Å². The highest BCUT2D eigenvalue weighted by molar-refractivity contribution is 6.51. The summed E-state index contributed by atoms with van der Waals surface area (Å²) in [5.41, 5.74) is 1.80. The molecule has 9 nitrogen and oxygen atoms in total. The molecule has 0 saturated carbocycles. The maximum atomic E-state index is 13.1. The molecule has 0 atom stereocenters. The Morgan fingerprint density at radius 2 is 1.94 bits per heavy atom. The van der Waals surface area contributed by atoms with Crippen LogP contribution in [0.15, 0.2) is 34.3 Å². The molecule has 0 aliphatic carbocycles. The molecule has 1 aromatic carbocycles. The fourth-order valence-electron chi connectivity index (χ4n) is 3.44. The molecule has 0 spiro atoms. The van der Waals surface area contributed by atoms with E-state index in [9.17, 15) is 19.6 Å². The van der Waals surface area contributed by atoms with Crippen LogP contribution in [0.1, 0.15) is 34.1 Å². The lowest BCUT2D eigenvalue weighted by Crippen LogP contribution is -2.47. The number of nitrogens with one attached hydrogen (secondary N) is 1. The van der Waals surface area contributed by atoms with E-state index in [0.717, 1.165) is 23.7 Å². The molecule has 3 amide bonds. The number of ether oxygens (including phenoxy) is 1. The van der Waals surface area contributed by atoms with Gasteiger partial charge in [-0.3, -0.25) is 19.3 Å². The first-order chi connectivity index (χ1) is 15.3. The van der Waals surface area contributed by atoms with Crippen molar-refractivity contribution in [2.24, 2.45) is 4.99 Å². The number of amides is 3. The summed E-state index contributed by atoms with van der Waals surface area (Å²) in [6.45, 7) is 9.04.